The van der Waals surface area contributed by atoms with E-state index in [1.807, 2.05) is 64.1 Å². The molecule has 0 saturated heterocycles. The van der Waals surface area contributed by atoms with Gasteiger partial charge in [-0.1, -0.05) is 46.7 Å². The molecule has 0 atom stereocenters. The lowest BCUT2D eigenvalue weighted by atomic mass is 10.1. The second-order valence-electron chi connectivity index (χ2n) is 6.89. The molecular formula is C21H19ClN4OS. The maximum atomic E-state index is 12.8. The van der Waals surface area contributed by atoms with Gasteiger partial charge < -0.3 is 5.32 Å². The molecule has 7 heteroatoms. The van der Waals surface area contributed by atoms with Crippen LogP contribution in [0.5, 0.6) is 0 Å². The van der Waals surface area contributed by atoms with Gasteiger partial charge in [-0.05, 0) is 51.0 Å². The Labute approximate surface area is 172 Å². The van der Waals surface area contributed by atoms with Gasteiger partial charge >= 0.3 is 0 Å². The minimum absolute atomic E-state index is 0.172. The minimum atomic E-state index is -0.172. The number of benzene rings is 2. The van der Waals surface area contributed by atoms with Crippen molar-refractivity contribution in [1.82, 2.24) is 14.8 Å². The second-order valence-corrected chi connectivity index (χ2v) is 8.28. The summed E-state index contributed by atoms with van der Waals surface area (Å²) in [5.41, 5.74) is 5.38. The Morgan fingerprint density at radius 1 is 1.07 bits per heavy atom. The Morgan fingerprint density at radius 2 is 1.86 bits per heavy atom. The van der Waals surface area contributed by atoms with E-state index >= 15 is 0 Å². The molecule has 1 N–H and O–H groups in total. The Bertz CT molecular complexity index is 1190. The van der Waals surface area contributed by atoms with E-state index in [1.54, 1.807) is 4.68 Å². The van der Waals surface area contributed by atoms with E-state index in [2.05, 4.69) is 10.4 Å². The highest BCUT2D eigenvalue weighted by atomic mass is 35.5. The van der Waals surface area contributed by atoms with Crippen LogP contribution in [0.4, 0.5) is 5.82 Å². The first-order valence-corrected chi connectivity index (χ1v) is 10.0. The molecule has 0 fully saturated rings. The van der Waals surface area contributed by atoms with Gasteiger partial charge in [-0.25, -0.2) is 4.98 Å². The summed E-state index contributed by atoms with van der Waals surface area (Å²) >= 11 is 7.79. The van der Waals surface area contributed by atoms with Crippen LogP contribution in [0.25, 0.3) is 15.3 Å². The largest absolute Gasteiger partial charge is 0.306 e. The number of thiazole rings is 1. The lowest BCUT2D eigenvalue weighted by Crippen LogP contribution is -2.16. The van der Waals surface area contributed by atoms with Gasteiger partial charge in [0.2, 0.25) is 5.13 Å². The molecule has 0 bridgehead atoms. The number of hydrogen-bond donors (Lipinski definition) is 1. The summed E-state index contributed by atoms with van der Waals surface area (Å²) < 4.78 is 2.58. The van der Waals surface area contributed by atoms with Crippen molar-refractivity contribution in [1.29, 1.82) is 0 Å². The molecule has 142 valence electrons. The number of hydrogen-bond acceptors (Lipinski definition) is 4. The molecule has 0 unspecified atom stereocenters. The van der Waals surface area contributed by atoms with Crippen molar-refractivity contribution in [3.8, 4) is 5.13 Å². The number of nitrogens with one attached hydrogen (secondary N) is 1. The molecular weight excluding hydrogens is 392 g/mol. The molecule has 28 heavy (non-hydrogen) atoms. The average Bonchev–Trinajstić information content (AvgIpc) is 3.22. The van der Waals surface area contributed by atoms with Crippen LogP contribution in [0.1, 0.15) is 32.7 Å². The number of carbonyl (C=O) groups excluding carboxylic acids is 1. The van der Waals surface area contributed by atoms with Crippen LogP contribution in [0.15, 0.2) is 36.4 Å². The fourth-order valence-corrected chi connectivity index (χ4v) is 4.45. The van der Waals surface area contributed by atoms with Crippen molar-refractivity contribution < 1.29 is 4.79 Å². The average molecular weight is 411 g/mol. The highest BCUT2D eigenvalue weighted by Crippen LogP contribution is 2.34. The smallest absolute Gasteiger partial charge is 0.257 e. The molecule has 0 aliphatic rings. The molecule has 0 radical (unpaired) electrons. The number of nitrogens with zero attached hydrogens (tertiary/aromatic N) is 3. The molecule has 2 aromatic heterocycles. The predicted molar refractivity (Wildman–Crippen MR) is 115 cm³/mol. The van der Waals surface area contributed by atoms with Crippen LogP contribution in [0.3, 0.4) is 0 Å². The van der Waals surface area contributed by atoms with Crippen molar-refractivity contribution in [2.24, 2.45) is 0 Å². The summed E-state index contributed by atoms with van der Waals surface area (Å²) in [5.74, 6) is 0.407. The van der Waals surface area contributed by atoms with Gasteiger partial charge in [0.25, 0.3) is 5.91 Å². The van der Waals surface area contributed by atoms with E-state index in [0.717, 1.165) is 32.6 Å². The molecule has 2 aromatic carbocycles. The maximum absolute atomic E-state index is 12.8. The Morgan fingerprint density at radius 3 is 2.57 bits per heavy atom. The summed E-state index contributed by atoms with van der Waals surface area (Å²) in [6.45, 7) is 7.82. The third kappa shape index (κ3) is 3.30. The van der Waals surface area contributed by atoms with Crippen LogP contribution in [-0.4, -0.2) is 20.7 Å². The van der Waals surface area contributed by atoms with Crippen LogP contribution in [0.2, 0.25) is 5.02 Å². The molecule has 4 aromatic rings. The molecule has 5 nitrogen and oxygen atoms in total. The zero-order chi connectivity index (χ0) is 20.0. The summed E-state index contributed by atoms with van der Waals surface area (Å²) in [6, 6.07) is 11.4. The molecule has 0 aliphatic heterocycles. The van der Waals surface area contributed by atoms with Gasteiger partial charge in [-0.15, -0.1) is 0 Å². The van der Waals surface area contributed by atoms with Gasteiger partial charge in [-0.3, -0.25) is 4.79 Å². The van der Waals surface area contributed by atoms with Crippen molar-refractivity contribution >= 4 is 44.9 Å². The molecule has 0 spiro atoms. The topological polar surface area (TPSA) is 59.8 Å². The maximum Gasteiger partial charge on any atom is 0.257 e. The van der Waals surface area contributed by atoms with Gasteiger partial charge in [0.05, 0.1) is 20.9 Å². The molecule has 0 aliphatic carbocycles. The predicted octanol–water partition coefficient (Wildman–Crippen LogP) is 5.62. The number of rotatable bonds is 3. The Balaban J connectivity index is 1.74. The molecule has 1 amide bonds. The fourth-order valence-electron chi connectivity index (χ4n) is 3.17. The summed E-state index contributed by atoms with van der Waals surface area (Å²) in [7, 11) is 0. The van der Waals surface area contributed by atoms with Crippen molar-refractivity contribution in [2.75, 3.05) is 5.32 Å². The quantitative estimate of drug-likeness (QED) is 0.476. The number of fused-ring (bicyclic) bond motifs is 1. The van der Waals surface area contributed by atoms with Crippen molar-refractivity contribution in [3.05, 3.63) is 69.4 Å². The van der Waals surface area contributed by atoms with Crippen molar-refractivity contribution in [2.45, 2.75) is 27.7 Å². The zero-order valence-electron chi connectivity index (χ0n) is 16.0. The molecule has 2 heterocycles. The van der Waals surface area contributed by atoms with E-state index in [9.17, 15) is 4.79 Å². The summed E-state index contributed by atoms with van der Waals surface area (Å²) in [6.07, 6.45) is 0. The Kier molecular flexibility index (Phi) is 4.69. The van der Waals surface area contributed by atoms with E-state index in [4.69, 9.17) is 16.6 Å². The van der Waals surface area contributed by atoms with E-state index in [-0.39, 0.29) is 5.91 Å². The van der Waals surface area contributed by atoms with Crippen LogP contribution >= 0.6 is 22.9 Å². The summed E-state index contributed by atoms with van der Waals surface area (Å²) in [4.78, 5) is 17.5. The van der Waals surface area contributed by atoms with E-state index in [1.165, 1.54) is 11.3 Å². The highest BCUT2D eigenvalue weighted by molar-refractivity contribution is 7.21. The molecule has 4 rings (SSSR count). The van der Waals surface area contributed by atoms with E-state index in [0.29, 0.717) is 21.5 Å². The first-order valence-electron chi connectivity index (χ1n) is 8.85. The van der Waals surface area contributed by atoms with Gasteiger partial charge in [-0.2, -0.15) is 9.78 Å². The summed E-state index contributed by atoms with van der Waals surface area (Å²) in [5, 5.41) is 8.82. The third-order valence-electron chi connectivity index (χ3n) is 4.57. The standard InChI is InChI=1S/C21H19ClN4OS/c1-11-5-7-15(13(3)9-11)20(27)23-17-10-14(4)25-26(17)21-24-18-12(2)6-8-16(22)19(18)28-21/h5-10H,1-4H3,(H,23,27). The monoisotopic (exact) mass is 410 g/mol. The second kappa shape index (κ2) is 7.04. The number of aryl methyl sites for hydroxylation is 4. The molecule has 0 saturated carbocycles. The van der Waals surface area contributed by atoms with Gasteiger partial charge in [0.15, 0.2) is 0 Å². The third-order valence-corrected chi connectivity index (χ3v) is 6.06. The SMILES string of the molecule is Cc1ccc(C(=O)Nc2cc(C)nn2-c2nc3c(C)ccc(Cl)c3s2)c(C)c1. The number of anilines is 1. The van der Waals surface area contributed by atoms with Crippen LogP contribution < -0.4 is 5.32 Å². The highest BCUT2D eigenvalue weighted by Gasteiger charge is 2.18. The zero-order valence-corrected chi connectivity index (χ0v) is 17.6. The number of aromatic nitrogens is 3. The van der Waals surface area contributed by atoms with Gasteiger partial charge in [0, 0.05) is 11.6 Å². The Hall–Kier alpha value is -2.70. The lowest BCUT2D eigenvalue weighted by molar-refractivity contribution is 0.102. The van der Waals surface area contributed by atoms with Crippen LogP contribution in [0, 0.1) is 27.7 Å². The van der Waals surface area contributed by atoms with E-state index < -0.39 is 0 Å². The van der Waals surface area contributed by atoms with Crippen molar-refractivity contribution in [3.63, 3.8) is 0 Å². The number of amides is 1. The lowest BCUT2D eigenvalue weighted by Gasteiger charge is -2.09. The fraction of sp³-hybridized carbons (Fsp3) is 0.190. The number of halogens is 1. The normalized spacial score (nSPS) is 11.2. The first-order chi connectivity index (χ1) is 13.3. The van der Waals surface area contributed by atoms with Gasteiger partial charge in [0.1, 0.15) is 5.82 Å². The van der Waals surface area contributed by atoms with Crippen LogP contribution in [-0.2, 0) is 0 Å². The first kappa shape index (κ1) is 18.7. The minimum Gasteiger partial charge on any atom is -0.306 e. The number of carbonyl (C=O) groups is 1.